The third-order valence-corrected chi connectivity index (χ3v) is 8.19. The van der Waals surface area contributed by atoms with Crippen LogP contribution in [-0.4, -0.2) is 41.8 Å². The molecule has 0 aliphatic carbocycles. The lowest BCUT2D eigenvalue weighted by atomic mass is 9.89. The number of nitrogens with zero attached hydrogens (tertiary/aromatic N) is 2. The third-order valence-electron chi connectivity index (χ3n) is 7.95. The fraction of sp³-hybridized carbons (Fsp3) is 0.406. The molecular formula is C32H37ClN2O. The molecule has 36 heavy (non-hydrogen) atoms. The number of rotatable bonds is 8. The Bertz CT molecular complexity index is 1150. The van der Waals surface area contributed by atoms with Crippen molar-refractivity contribution in [1.29, 1.82) is 0 Å². The highest BCUT2D eigenvalue weighted by Gasteiger charge is 2.21. The Morgan fingerprint density at radius 2 is 1.44 bits per heavy atom. The van der Waals surface area contributed by atoms with Gasteiger partial charge in [-0.25, -0.2) is 0 Å². The number of ketones is 1. The van der Waals surface area contributed by atoms with Crippen LogP contribution in [0.1, 0.15) is 58.3 Å². The molecule has 3 aromatic rings. The number of Topliss-reactive ketones (excluding diaryl/α,β-unsaturated/α-hetero) is 1. The van der Waals surface area contributed by atoms with Gasteiger partial charge in [0.2, 0.25) is 0 Å². The van der Waals surface area contributed by atoms with Gasteiger partial charge in [-0.05, 0) is 91.6 Å². The molecule has 0 spiro atoms. The maximum atomic E-state index is 13.1. The van der Waals surface area contributed by atoms with Crippen molar-refractivity contribution < 1.29 is 4.79 Å². The summed E-state index contributed by atoms with van der Waals surface area (Å²) in [6.45, 7) is 6.29. The molecule has 5 rings (SSSR count). The summed E-state index contributed by atoms with van der Waals surface area (Å²) in [5.74, 6) is 0.960. The van der Waals surface area contributed by atoms with Crippen LogP contribution in [0.25, 0.3) is 0 Å². The summed E-state index contributed by atoms with van der Waals surface area (Å²) in [4.78, 5) is 18.1. The summed E-state index contributed by atoms with van der Waals surface area (Å²) in [7, 11) is 0. The van der Waals surface area contributed by atoms with Gasteiger partial charge in [-0.1, -0.05) is 66.2 Å². The molecule has 0 aromatic heterocycles. The lowest BCUT2D eigenvalue weighted by Gasteiger charge is -2.32. The molecule has 0 radical (unpaired) electrons. The Morgan fingerprint density at radius 1 is 0.750 bits per heavy atom. The summed E-state index contributed by atoms with van der Waals surface area (Å²) in [6, 6.07) is 25.4. The predicted octanol–water partition coefficient (Wildman–Crippen LogP) is 6.82. The topological polar surface area (TPSA) is 23.6 Å². The molecule has 4 heteroatoms. The molecule has 2 aliphatic heterocycles. The number of hydrogen-bond donors (Lipinski definition) is 0. The van der Waals surface area contributed by atoms with Crippen molar-refractivity contribution in [2.45, 2.75) is 51.6 Å². The van der Waals surface area contributed by atoms with Gasteiger partial charge in [0, 0.05) is 43.2 Å². The van der Waals surface area contributed by atoms with Crippen molar-refractivity contribution in [2.24, 2.45) is 5.92 Å². The van der Waals surface area contributed by atoms with Gasteiger partial charge in [-0.15, -0.1) is 0 Å². The van der Waals surface area contributed by atoms with E-state index < -0.39 is 0 Å². The standard InChI is InChI=1S/C32H37ClN2O/c33-31-8-4-7-27(21-31)24-34-17-13-25(14-18-34)9-12-32(36)30-11-10-28-15-19-35(20-16-29(28)22-30)23-26-5-2-1-3-6-26/h1-8,10-11,21-22,25H,9,12-20,23-24H2. The number of carbonyl (C=O) groups excluding carboxylic acids is 1. The van der Waals surface area contributed by atoms with Gasteiger partial charge in [-0.2, -0.15) is 0 Å². The van der Waals surface area contributed by atoms with E-state index in [1.165, 1.54) is 35.1 Å². The van der Waals surface area contributed by atoms with Gasteiger partial charge in [0.25, 0.3) is 0 Å². The fourth-order valence-corrected chi connectivity index (χ4v) is 5.96. The number of fused-ring (bicyclic) bond motifs is 1. The number of likely N-dealkylation sites (tertiary alicyclic amines) is 1. The van der Waals surface area contributed by atoms with E-state index in [0.717, 1.165) is 69.1 Å². The minimum atomic E-state index is 0.310. The number of carbonyl (C=O) groups is 1. The highest BCUT2D eigenvalue weighted by atomic mass is 35.5. The van der Waals surface area contributed by atoms with Crippen molar-refractivity contribution in [3.05, 3.63) is 106 Å². The first-order valence-corrected chi connectivity index (χ1v) is 13.9. The summed E-state index contributed by atoms with van der Waals surface area (Å²) in [5.41, 5.74) is 6.33. The Morgan fingerprint density at radius 3 is 2.22 bits per heavy atom. The fourth-order valence-electron chi connectivity index (χ4n) is 5.75. The minimum Gasteiger partial charge on any atom is -0.299 e. The van der Waals surface area contributed by atoms with Crippen LogP contribution in [0.3, 0.4) is 0 Å². The van der Waals surface area contributed by atoms with E-state index in [9.17, 15) is 4.79 Å². The Kier molecular flexibility index (Phi) is 8.53. The van der Waals surface area contributed by atoms with Crippen LogP contribution in [0.15, 0.2) is 72.8 Å². The third kappa shape index (κ3) is 6.85. The molecule has 188 valence electrons. The minimum absolute atomic E-state index is 0.310. The summed E-state index contributed by atoms with van der Waals surface area (Å²) in [5, 5.41) is 0.809. The van der Waals surface area contributed by atoms with E-state index in [1.54, 1.807) is 0 Å². The first-order chi connectivity index (χ1) is 17.6. The quantitative estimate of drug-likeness (QED) is 0.317. The first kappa shape index (κ1) is 25.2. The molecule has 0 saturated carbocycles. The summed E-state index contributed by atoms with van der Waals surface area (Å²) in [6.07, 6.45) is 6.10. The second-order valence-electron chi connectivity index (χ2n) is 10.6. The lowest BCUT2D eigenvalue weighted by molar-refractivity contribution is 0.0961. The molecule has 0 atom stereocenters. The predicted molar refractivity (Wildman–Crippen MR) is 149 cm³/mol. The second-order valence-corrected chi connectivity index (χ2v) is 11.0. The molecule has 2 aliphatic rings. The van der Waals surface area contributed by atoms with Gasteiger partial charge in [0.05, 0.1) is 0 Å². The van der Waals surface area contributed by atoms with Gasteiger partial charge in [0.15, 0.2) is 5.78 Å². The zero-order valence-electron chi connectivity index (χ0n) is 21.2. The highest BCUT2D eigenvalue weighted by molar-refractivity contribution is 6.30. The van der Waals surface area contributed by atoms with E-state index in [4.69, 9.17) is 11.6 Å². The molecule has 3 aromatic carbocycles. The van der Waals surface area contributed by atoms with E-state index in [2.05, 4.69) is 70.5 Å². The largest absolute Gasteiger partial charge is 0.299 e. The smallest absolute Gasteiger partial charge is 0.162 e. The Balaban J connectivity index is 1.08. The van der Waals surface area contributed by atoms with Crippen molar-refractivity contribution >= 4 is 17.4 Å². The first-order valence-electron chi connectivity index (χ1n) is 13.5. The van der Waals surface area contributed by atoms with Gasteiger partial charge in [0.1, 0.15) is 0 Å². The number of benzene rings is 3. The molecule has 0 N–H and O–H groups in total. The van der Waals surface area contributed by atoms with Gasteiger partial charge < -0.3 is 0 Å². The van der Waals surface area contributed by atoms with Crippen LogP contribution in [0.5, 0.6) is 0 Å². The van der Waals surface area contributed by atoms with Crippen LogP contribution in [-0.2, 0) is 25.9 Å². The van der Waals surface area contributed by atoms with Crippen molar-refractivity contribution in [1.82, 2.24) is 9.80 Å². The van der Waals surface area contributed by atoms with Crippen molar-refractivity contribution in [3.8, 4) is 0 Å². The van der Waals surface area contributed by atoms with Crippen molar-refractivity contribution in [2.75, 3.05) is 26.2 Å². The zero-order chi connectivity index (χ0) is 24.7. The molecule has 2 heterocycles. The highest BCUT2D eigenvalue weighted by Crippen LogP contribution is 2.26. The Labute approximate surface area is 221 Å². The average molecular weight is 501 g/mol. The van der Waals surface area contributed by atoms with Crippen LogP contribution in [0.4, 0.5) is 0 Å². The SMILES string of the molecule is O=C(CCC1CCN(Cc2cccc(Cl)c2)CC1)c1ccc2c(c1)CCN(Cc1ccccc1)CC2. The molecule has 1 fully saturated rings. The normalized spacial score (nSPS) is 17.5. The molecule has 0 amide bonds. The number of halogens is 1. The molecular weight excluding hydrogens is 464 g/mol. The van der Waals surface area contributed by atoms with Crippen molar-refractivity contribution in [3.63, 3.8) is 0 Å². The van der Waals surface area contributed by atoms with Crippen LogP contribution < -0.4 is 0 Å². The lowest BCUT2D eigenvalue weighted by Crippen LogP contribution is -2.33. The van der Waals surface area contributed by atoms with E-state index in [0.29, 0.717) is 18.1 Å². The van der Waals surface area contributed by atoms with E-state index >= 15 is 0 Å². The van der Waals surface area contributed by atoms with Crippen LogP contribution in [0.2, 0.25) is 5.02 Å². The van der Waals surface area contributed by atoms with E-state index in [1.807, 2.05) is 12.1 Å². The van der Waals surface area contributed by atoms with E-state index in [-0.39, 0.29) is 0 Å². The van der Waals surface area contributed by atoms with Gasteiger partial charge in [-0.3, -0.25) is 14.6 Å². The Hall–Kier alpha value is -2.46. The molecule has 3 nitrogen and oxygen atoms in total. The van der Waals surface area contributed by atoms with Crippen LogP contribution >= 0.6 is 11.6 Å². The maximum Gasteiger partial charge on any atom is 0.162 e. The molecule has 1 saturated heterocycles. The summed E-state index contributed by atoms with van der Waals surface area (Å²) >= 11 is 6.14. The zero-order valence-corrected chi connectivity index (χ0v) is 21.9. The number of piperidine rings is 1. The maximum absolute atomic E-state index is 13.1. The second kappa shape index (κ2) is 12.2. The van der Waals surface area contributed by atoms with Crippen LogP contribution in [0, 0.1) is 5.92 Å². The molecule has 0 bridgehead atoms. The number of hydrogen-bond acceptors (Lipinski definition) is 3. The summed E-state index contributed by atoms with van der Waals surface area (Å²) < 4.78 is 0. The monoisotopic (exact) mass is 500 g/mol. The average Bonchev–Trinajstić information content (AvgIpc) is 3.10. The van der Waals surface area contributed by atoms with Gasteiger partial charge >= 0.3 is 0 Å². The molecule has 0 unspecified atom stereocenters.